The van der Waals surface area contributed by atoms with Crippen LogP contribution in [0.3, 0.4) is 0 Å². The van der Waals surface area contributed by atoms with E-state index in [9.17, 15) is 9.59 Å². The highest BCUT2D eigenvalue weighted by molar-refractivity contribution is 6.32. The maximum absolute atomic E-state index is 11.8. The Morgan fingerprint density at radius 1 is 1.50 bits per heavy atom. The SMILES string of the molecule is CC(C)Oc1ncc(C(=O)NCCCC(=O)O)cc1Cl. The highest BCUT2D eigenvalue weighted by Crippen LogP contribution is 2.23. The minimum Gasteiger partial charge on any atom is -0.481 e. The predicted octanol–water partition coefficient (Wildman–Crippen LogP) is 2.12. The molecule has 0 aliphatic carbocycles. The molecule has 1 aromatic rings. The molecule has 110 valence electrons. The number of ether oxygens (including phenoxy) is 1. The number of carbonyl (C=O) groups is 2. The van der Waals surface area contributed by atoms with Crippen molar-refractivity contribution in [3.05, 3.63) is 22.8 Å². The molecule has 7 heteroatoms. The summed E-state index contributed by atoms with van der Waals surface area (Å²) in [4.78, 5) is 26.1. The van der Waals surface area contributed by atoms with Gasteiger partial charge in [0.15, 0.2) is 0 Å². The van der Waals surface area contributed by atoms with Gasteiger partial charge >= 0.3 is 5.97 Å². The highest BCUT2D eigenvalue weighted by Gasteiger charge is 2.11. The molecular weight excluding hydrogens is 284 g/mol. The van der Waals surface area contributed by atoms with Crippen LogP contribution < -0.4 is 10.1 Å². The molecule has 0 fully saturated rings. The van der Waals surface area contributed by atoms with Gasteiger partial charge in [-0.1, -0.05) is 11.6 Å². The van der Waals surface area contributed by atoms with Crippen LogP contribution in [0.25, 0.3) is 0 Å². The highest BCUT2D eigenvalue weighted by atomic mass is 35.5. The lowest BCUT2D eigenvalue weighted by Crippen LogP contribution is -2.25. The molecule has 0 radical (unpaired) electrons. The Morgan fingerprint density at radius 3 is 2.75 bits per heavy atom. The summed E-state index contributed by atoms with van der Waals surface area (Å²) in [5, 5.41) is 11.3. The molecule has 1 amide bonds. The first-order valence-corrected chi connectivity index (χ1v) is 6.60. The maximum Gasteiger partial charge on any atom is 0.303 e. The molecular formula is C13H17ClN2O4. The van der Waals surface area contributed by atoms with E-state index >= 15 is 0 Å². The van der Waals surface area contributed by atoms with Gasteiger partial charge in [0.2, 0.25) is 5.88 Å². The quantitative estimate of drug-likeness (QED) is 0.753. The van der Waals surface area contributed by atoms with Crippen LogP contribution in [0.2, 0.25) is 5.02 Å². The van der Waals surface area contributed by atoms with Crippen molar-refractivity contribution in [2.75, 3.05) is 6.54 Å². The minimum absolute atomic E-state index is 0.0143. The van der Waals surface area contributed by atoms with Gasteiger partial charge in [-0.15, -0.1) is 0 Å². The zero-order chi connectivity index (χ0) is 15.1. The summed E-state index contributed by atoms with van der Waals surface area (Å²) >= 11 is 5.98. The molecule has 1 aromatic heterocycles. The predicted molar refractivity (Wildman–Crippen MR) is 74.2 cm³/mol. The number of rotatable bonds is 7. The first kappa shape index (κ1) is 16.2. The number of nitrogens with zero attached hydrogens (tertiary/aromatic N) is 1. The summed E-state index contributed by atoms with van der Waals surface area (Å²) in [6.07, 6.45) is 1.70. The van der Waals surface area contributed by atoms with Gasteiger partial charge in [-0.05, 0) is 26.3 Å². The Kier molecular flexibility index (Phi) is 6.24. The van der Waals surface area contributed by atoms with Crippen molar-refractivity contribution in [3.63, 3.8) is 0 Å². The van der Waals surface area contributed by atoms with Crippen LogP contribution in [0.4, 0.5) is 0 Å². The van der Waals surface area contributed by atoms with E-state index in [0.29, 0.717) is 12.0 Å². The topological polar surface area (TPSA) is 88.5 Å². The standard InChI is InChI=1S/C13H17ClN2O4/c1-8(2)20-13-10(14)6-9(7-16-13)12(19)15-5-3-4-11(17)18/h6-8H,3-5H2,1-2H3,(H,15,19)(H,17,18). The Bertz CT molecular complexity index is 491. The fourth-order valence-corrected chi connectivity index (χ4v) is 1.61. The molecule has 0 aliphatic rings. The van der Waals surface area contributed by atoms with E-state index in [1.807, 2.05) is 13.8 Å². The summed E-state index contributed by atoms with van der Waals surface area (Å²) < 4.78 is 5.36. The largest absolute Gasteiger partial charge is 0.481 e. The van der Waals surface area contributed by atoms with E-state index in [2.05, 4.69) is 10.3 Å². The number of aliphatic carboxylic acids is 1. The van der Waals surface area contributed by atoms with Crippen molar-refractivity contribution in [1.29, 1.82) is 0 Å². The number of carboxylic acids is 1. The van der Waals surface area contributed by atoms with Gasteiger partial charge in [-0.25, -0.2) is 4.98 Å². The Balaban J connectivity index is 2.56. The van der Waals surface area contributed by atoms with E-state index in [1.165, 1.54) is 12.3 Å². The van der Waals surface area contributed by atoms with E-state index in [1.54, 1.807) is 0 Å². The zero-order valence-corrected chi connectivity index (χ0v) is 12.1. The van der Waals surface area contributed by atoms with Crippen LogP contribution in [0.5, 0.6) is 5.88 Å². The Hall–Kier alpha value is -1.82. The van der Waals surface area contributed by atoms with Crippen molar-refractivity contribution in [2.24, 2.45) is 0 Å². The minimum atomic E-state index is -0.890. The summed E-state index contributed by atoms with van der Waals surface area (Å²) in [7, 11) is 0. The van der Waals surface area contributed by atoms with E-state index in [-0.39, 0.29) is 35.9 Å². The second-order valence-corrected chi connectivity index (χ2v) is 4.84. The van der Waals surface area contributed by atoms with Crippen LogP contribution in [-0.2, 0) is 4.79 Å². The number of carboxylic acid groups (broad SMARTS) is 1. The molecule has 0 spiro atoms. The van der Waals surface area contributed by atoms with Gasteiger partial charge in [0.25, 0.3) is 5.91 Å². The van der Waals surface area contributed by atoms with Gasteiger partial charge in [0, 0.05) is 19.2 Å². The fourth-order valence-electron chi connectivity index (χ4n) is 1.40. The van der Waals surface area contributed by atoms with Gasteiger partial charge in [-0.3, -0.25) is 9.59 Å². The maximum atomic E-state index is 11.8. The molecule has 0 bridgehead atoms. The number of hydrogen-bond donors (Lipinski definition) is 2. The van der Waals surface area contributed by atoms with E-state index < -0.39 is 5.97 Å². The second-order valence-electron chi connectivity index (χ2n) is 4.43. The van der Waals surface area contributed by atoms with Crippen molar-refractivity contribution >= 4 is 23.5 Å². The zero-order valence-electron chi connectivity index (χ0n) is 11.4. The number of hydrogen-bond acceptors (Lipinski definition) is 4. The molecule has 6 nitrogen and oxygen atoms in total. The molecule has 0 atom stereocenters. The molecule has 0 saturated carbocycles. The molecule has 0 unspecified atom stereocenters. The molecule has 0 saturated heterocycles. The number of pyridine rings is 1. The lowest BCUT2D eigenvalue weighted by Gasteiger charge is -2.11. The molecule has 20 heavy (non-hydrogen) atoms. The van der Waals surface area contributed by atoms with Crippen LogP contribution in [-0.4, -0.2) is 34.6 Å². The summed E-state index contributed by atoms with van der Waals surface area (Å²) in [5.41, 5.74) is 0.307. The summed E-state index contributed by atoms with van der Waals surface area (Å²) in [6, 6.07) is 1.47. The van der Waals surface area contributed by atoms with Crippen molar-refractivity contribution in [1.82, 2.24) is 10.3 Å². The normalized spacial score (nSPS) is 10.4. The van der Waals surface area contributed by atoms with Crippen molar-refractivity contribution in [3.8, 4) is 5.88 Å². The lowest BCUT2D eigenvalue weighted by molar-refractivity contribution is -0.137. The molecule has 0 aromatic carbocycles. The fraction of sp³-hybridized carbons (Fsp3) is 0.462. The Labute approximate surface area is 122 Å². The molecule has 0 aliphatic heterocycles. The van der Waals surface area contributed by atoms with E-state index in [4.69, 9.17) is 21.4 Å². The van der Waals surface area contributed by atoms with Crippen LogP contribution in [0.1, 0.15) is 37.0 Å². The average Bonchev–Trinajstić information content (AvgIpc) is 2.36. The van der Waals surface area contributed by atoms with Crippen LogP contribution in [0.15, 0.2) is 12.3 Å². The summed E-state index contributed by atoms with van der Waals surface area (Å²) in [5.74, 6) is -0.955. The van der Waals surface area contributed by atoms with Crippen molar-refractivity contribution < 1.29 is 19.4 Å². The summed E-state index contributed by atoms with van der Waals surface area (Å²) in [6.45, 7) is 3.98. The third kappa shape index (κ3) is 5.44. The molecule has 1 rings (SSSR count). The first-order chi connectivity index (χ1) is 9.40. The lowest BCUT2D eigenvalue weighted by atomic mass is 10.2. The number of halogens is 1. The number of aromatic nitrogens is 1. The van der Waals surface area contributed by atoms with Gasteiger partial charge in [-0.2, -0.15) is 0 Å². The first-order valence-electron chi connectivity index (χ1n) is 6.22. The monoisotopic (exact) mass is 300 g/mol. The molecule has 1 heterocycles. The average molecular weight is 301 g/mol. The van der Waals surface area contributed by atoms with Gasteiger partial charge < -0.3 is 15.2 Å². The van der Waals surface area contributed by atoms with Gasteiger partial charge in [0.05, 0.1) is 11.7 Å². The number of amides is 1. The molecule has 2 N–H and O–H groups in total. The number of carbonyl (C=O) groups excluding carboxylic acids is 1. The van der Waals surface area contributed by atoms with Crippen molar-refractivity contribution in [2.45, 2.75) is 32.8 Å². The number of nitrogens with one attached hydrogen (secondary N) is 1. The van der Waals surface area contributed by atoms with E-state index in [0.717, 1.165) is 0 Å². The van der Waals surface area contributed by atoms with Crippen LogP contribution >= 0.6 is 11.6 Å². The van der Waals surface area contributed by atoms with Crippen LogP contribution in [0, 0.1) is 0 Å². The third-order valence-corrected chi connectivity index (χ3v) is 2.54. The van der Waals surface area contributed by atoms with Gasteiger partial charge in [0.1, 0.15) is 5.02 Å². The smallest absolute Gasteiger partial charge is 0.303 e. The Morgan fingerprint density at radius 2 is 2.20 bits per heavy atom. The second kappa shape index (κ2) is 7.69. The third-order valence-electron chi connectivity index (χ3n) is 2.27.